The number of hydrogen-bond donors (Lipinski definition) is 1. The number of hydrogen-bond acceptors (Lipinski definition) is 6. The van der Waals surface area contributed by atoms with Crippen molar-refractivity contribution in [3.63, 3.8) is 0 Å². The summed E-state index contributed by atoms with van der Waals surface area (Å²) >= 11 is 5.86. The molecule has 1 aromatic heterocycles. The molecule has 0 saturated heterocycles. The van der Waals surface area contributed by atoms with Gasteiger partial charge in [-0.3, -0.25) is 9.59 Å². The highest BCUT2D eigenvalue weighted by atomic mass is 35.5. The lowest BCUT2D eigenvalue weighted by Crippen LogP contribution is -2.21. The summed E-state index contributed by atoms with van der Waals surface area (Å²) in [6.45, 7) is 3.59. The summed E-state index contributed by atoms with van der Waals surface area (Å²) in [5.74, 6) is -0.194. The Bertz CT molecular complexity index is 1020. The fourth-order valence-electron chi connectivity index (χ4n) is 2.52. The van der Waals surface area contributed by atoms with E-state index in [0.717, 1.165) is 16.7 Å². The van der Waals surface area contributed by atoms with Gasteiger partial charge in [0.1, 0.15) is 0 Å². The van der Waals surface area contributed by atoms with Gasteiger partial charge in [0.05, 0.1) is 6.42 Å². The minimum absolute atomic E-state index is 0.0270. The molecule has 2 aromatic carbocycles. The second-order valence-corrected chi connectivity index (χ2v) is 6.96. The van der Waals surface area contributed by atoms with Gasteiger partial charge in [0.25, 0.3) is 5.91 Å². The van der Waals surface area contributed by atoms with Gasteiger partial charge in [0.2, 0.25) is 11.7 Å². The Morgan fingerprint density at radius 3 is 2.59 bits per heavy atom. The molecule has 0 aliphatic heterocycles. The summed E-state index contributed by atoms with van der Waals surface area (Å²) in [5, 5.41) is 7.19. The zero-order valence-corrected chi connectivity index (χ0v) is 16.8. The summed E-state index contributed by atoms with van der Waals surface area (Å²) in [5.41, 5.74) is 3.62. The summed E-state index contributed by atoms with van der Waals surface area (Å²) < 4.78 is 10.1. The maximum absolute atomic E-state index is 11.9. The second kappa shape index (κ2) is 9.34. The number of carbonyl (C=O) groups is 2. The lowest BCUT2D eigenvalue weighted by Gasteiger charge is -2.08. The van der Waals surface area contributed by atoms with E-state index in [0.29, 0.717) is 22.4 Å². The van der Waals surface area contributed by atoms with Crippen LogP contribution in [-0.2, 0) is 20.7 Å². The van der Waals surface area contributed by atoms with Crippen LogP contribution in [0.3, 0.4) is 0 Å². The van der Waals surface area contributed by atoms with Gasteiger partial charge in [0.15, 0.2) is 6.61 Å². The van der Waals surface area contributed by atoms with Gasteiger partial charge in [0, 0.05) is 22.7 Å². The van der Waals surface area contributed by atoms with E-state index < -0.39 is 11.9 Å². The minimum atomic E-state index is -0.522. The first-order valence-corrected chi connectivity index (χ1v) is 9.40. The predicted molar refractivity (Wildman–Crippen MR) is 109 cm³/mol. The Hall–Kier alpha value is -3.19. The monoisotopic (exact) mass is 413 g/mol. The van der Waals surface area contributed by atoms with E-state index in [1.807, 2.05) is 26.0 Å². The van der Waals surface area contributed by atoms with Crippen molar-refractivity contribution in [1.82, 2.24) is 10.1 Å². The Balaban J connectivity index is 1.43. The van der Waals surface area contributed by atoms with Gasteiger partial charge in [-0.2, -0.15) is 4.98 Å². The standard InChI is InChI=1S/C21H20ClN3O4/c1-13-3-8-17(11-14(13)2)23-18(26)12-28-20(27)10-9-19-24-21(25-29-19)15-4-6-16(22)7-5-15/h3-8,11H,9-10,12H2,1-2H3,(H,23,26). The third kappa shape index (κ3) is 5.89. The number of nitrogens with one attached hydrogen (secondary N) is 1. The van der Waals surface area contributed by atoms with Crippen LogP contribution in [0.25, 0.3) is 11.4 Å². The smallest absolute Gasteiger partial charge is 0.306 e. The molecule has 8 heteroatoms. The largest absolute Gasteiger partial charge is 0.456 e. The van der Waals surface area contributed by atoms with Crippen LogP contribution in [0.1, 0.15) is 23.4 Å². The SMILES string of the molecule is Cc1ccc(NC(=O)COC(=O)CCc2nc(-c3ccc(Cl)cc3)no2)cc1C. The molecule has 150 valence electrons. The van der Waals surface area contributed by atoms with Crippen molar-refractivity contribution in [3.8, 4) is 11.4 Å². The molecule has 0 bridgehead atoms. The summed E-state index contributed by atoms with van der Waals surface area (Å²) in [6, 6.07) is 12.6. The summed E-state index contributed by atoms with van der Waals surface area (Å²) in [7, 11) is 0. The normalized spacial score (nSPS) is 10.6. The van der Waals surface area contributed by atoms with Gasteiger partial charge in [-0.05, 0) is 61.4 Å². The van der Waals surface area contributed by atoms with Gasteiger partial charge in [-0.25, -0.2) is 0 Å². The molecular weight excluding hydrogens is 394 g/mol. The van der Waals surface area contributed by atoms with Crippen molar-refractivity contribution < 1.29 is 18.8 Å². The molecule has 3 aromatic rings. The molecule has 0 radical (unpaired) electrons. The average molecular weight is 414 g/mol. The van der Waals surface area contributed by atoms with Crippen LogP contribution in [0.4, 0.5) is 5.69 Å². The Morgan fingerprint density at radius 1 is 1.10 bits per heavy atom. The number of benzene rings is 2. The van der Waals surface area contributed by atoms with E-state index in [9.17, 15) is 9.59 Å². The second-order valence-electron chi connectivity index (χ2n) is 6.53. The summed E-state index contributed by atoms with van der Waals surface area (Å²) in [6.07, 6.45) is 0.247. The maximum atomic E-state index is 11.9. The van der Waals surface area contributed by atoms with E-state index in [2.05, 4.69) is 15.5 Å². The molecule has 0 unspecified atom stereocenters. The van der Waals surface area contributed by atoms with Crippen LogP contribution < -0.4 is 5.32 Å². The highest BCUT2D eigenvalue weighted by Gasteiger charge is 2.13. The predicted octanol–water partition coefficient (Wildman–Crippen LogP) is 4.12. The lowest BCUT2D eigenvalue weighted by atomic mass is 10.1. The Morgan fingerprint density at radius 2 is 1.86 bits per heavy atom. The molecule has 0 aliphatic rings. The minimum Gasteiger partial charge on any atom is -0.456 e. The van der Waals surface area contributed by atoms with Crippen LogP contribution in [0.15, 0.2) is 47.0 Å². The van der Waals surface area contributed by atoms with Crippen molar-refractivity contribution >= 4 is 29.2 Å². The molecule has 0 aliphatic carbocycles. The number of rotatable bonds is 7. The van der Waals surface area contributed by atoms with E-state index >= 15 is 0 Å². The molecule has 1 N–H and O–H groups in total. The fraction of sp³-hybridized carbons (Fsp3) is 0.238. The number of esters is 1. The molecule has 3 rings (SSSR count). The maximum Gasteiger partial charge on any atom is 0.306 e. The van der Waals surface area contributed by atoms with Crippen molar-refractivity contribution in [3.05, 3.63) is 64.5 Å². The molecule has 0 saturated carbocycles. The number of aryl methyl sites for hydroxylation is 3. The molecule has 0 fully saturated rings. The van der Waals surface area contributed by atoms with Crippen molar-refractivity contribution in [2.45, 2.75) is 26.7 Å². The Kier molecular flexibility index (Phi) is 6.61. The van der Waals surface area contributed by atoms with Crippen molar-refractivity contribution in [1.29, 1.82) is 0 Å². The first-order chi connectivity index (χ1) is 13.9. The number of carbonyl (C=O) groups excluding carboxylic acids is 2. The fourth-order valence-corrected chi connectivity index (χ4v) is 2.64. The van der Waals surface area contributed by atoms with Crippen LogP contribution in [0.2, 0.25) is 5.02 Å². The molecule has 0 spiro atoms. The number of anilines is 1. The number of amides is 1. The van der Waals surface area contributed by atoms with Gasteiger partial charge < -0.3 is 14.6 Å². The van der Waals surface area contributed by atoms with Gasteiger partial charge in [-0.1, -0.05) is 22.8 Å². The molecule has 1 heterocycles. The topological polar surface area (TPSA) is 94.3 Å². The van der Waals surface area contributed by atoms with Crippen LogP contribution in [0, 0.1) is 13.8 Å². The third-order valence-electron chi connectivity index (χ3n) is 4.27. The zero-order chi connectivity index (χ0) is 20.8. The number of ether oxygens (including phenoxy) is 1. The lowest BCUT2D eigenvalue weighted by molar-refractivity contribution is -0.147. The van der Waals surface area contributed by atoms with Crippen LogP contribution in [-0.4, -0.2) is 28.6 Å². The zero-order valence-electron chi connectivity index (χ0n) is 16.1. The molecule has 29 heavy (non-hydrogen) atoms. The number of nitrogens with zero attached hydrogens (tertiary/aromatic N) is 2. The van der Waals surface area contributed by atoms with E-state index in [1.165, 1.54) is 0 Å². The first kappa shape index (κ1) is 20.5. The summed E-state index contributed by atoms with van der Waals surface area (Å²) in [4.78, 5) is 28.1. The van der Waals surface area contributed by atoms with Gasteiger partial charge in [-0.15, -0.1) is 0 Å². The average Bonchev–Trinajstić information content (AvgIpc) is 3.17. The first-order valence-electron chi connectivity index (χ1n) is 9.02. The van der Waals surface area contributed by atoms with Gasteiger partial charge >= 0.3 is 5.97 Å². The van der Waals surface area contributed by atoms with Crippen LogP contribution >= 0.6 is 11.6 Å². The van der Waals surface area contributed by atoms with E-state index in [-0.39, 0.29) is 19.4 Å². The highest BCUT2D eigenvalue weighted by molar-refractivity contribution is 6.30. The van der Waals surface area contributed by atoms with E-state index in [4.69, 9.17) is 20.9 Å². The molecule has 7 nitrogen and oxygen atoms in total. The van der Waals surface area contributed by atoms with E-state index in [1.54, 1.807) is 30.3 Å². The molecule has 1 amide bonds. The van der Waals surface area contributed by atoms with Crippen molar-refractivity contribution in [2.24, 2.45) is 0 Å². The molecular formula is C21H20ClN3O4. The molecule has 0 atom stereocenters. The number of aromatic nitrogens is 2. The number of halogens is 1. The van der Waals surface area contributed by atoms with Crippen molar-refractivity contribution in [2.75, 3.05) is 11.9 Å². The quantitative estimate of drug-likeness (QED) is 0.585. The van der Waals surface area contributed by atoms with Crippen LogP contribution in [0.5, 0.6) is 0 Å². The third-order valence-corrected chi connectivity index (χ3v) is 4.52. The Labute approximate surface area is 173 Å². The highest BCUT2D eigenvalue weighted by Crippen LogP contribution is 2.19.